The molecule has 33 heavy (non-hydrogen) atoms. The van der Waals surface area contributed by atoms with Gasteiger partial charge >= 0.3 is 0 Å². The highest BCUT2D eigenvalue weighted by atomic mass is 16.5. The summed E-state index contributed by atoms with van der Waals surface area (Å²) in [7, 11) is 0. The number of benzene rings is 2. The third kappa shape index (κ3) is 3.56. The zero-order valence-electron chi connectivity index (χ0n) is 18.1. The maximum Gasteiger partial charge on any atom is 0.283 e. The van der Waals surface area contributed by atoms with Crippen LogP contribution in [0.5, 0.6) is 17.2 Å². The van der Waals surface area contributed by atoms with Crippen LogP contribution < -0.4 is 15.2 Å². The first-order valence-corrected chi connectivity index (χ1v) is 11.1. The topological polar surface area (TPSA) is 101 Å². The molecule has 3 aromatic rings. The Kier molecular flexibility index (Phi) is 4.87. The molecule has 168 valence electrons. The van der Waals surface area contributed by atoms with Gasteiger partial charge in [0.25, 0.3) is 6.02 Å². The maximum absolute atomic E-state index is 6.27. The van der Waals surface area contributed by atoms with E-state index >= 15 is 0 Å². The van der Waals surface area contributed by atoms with Gasteiger partial charge in [-0.1, -0.05) is 6.07 Å². The Hall–Kier alpha value is -3.65. The van der Waals surface area contributed by atoms with Crippen molar-refractivity contribution in [2.45, 2.75) is 18.4 Å². The van der Waals surface area contributed by atoms with Crippen LogP contribution >= 0.6 is 0 Å². The predicted octanol–water partition coefficient (Wildman–Crippen LogP) is 3.64. The second-order valence-corrected chi connectivity index (χ2v) is 8.56. The van der Waals surface area contributed by atoms with Crippen molar-refractivity contribution in [3.8, 4) is 28.4 Å². The van der Waals surface area contributed by atoms with Gasteiger partial charge in [-0.15, -0.1) is 0 Å². The summed E-state index contributed by atoms with van der Waals surface area (Å²) in [5, 5.41) is 0. The van der Waals surface area contributed by atoms with E-state index in [1.807, 2.05) is 30.3 Å². The number of nitrogens with two attached hydrogens (primary N) is 1. The molecule has 3 aliphatic rings. The summed E-state index contributed by atoms with van der Waals surface area (Å²) in [6.45, 7) is 2.55. The first kappa shape index (κ1) is 20.0. The summed E-state index contributed by atoms with van der Waals surface area (Å²) in [5.41, 5.74) is 8.85. The zero-order chi connectivity index (χ0) is 22.3. The second kappa shape index (κ2) is 8.04. The van der Waals surface area contributed by atoms with Crippen LogP contribution in [-0.2, 0) is 15.0 Å². The Labute approximate surface area is 191 Å². The third-order valence-electron chi connectivity index (χ3n) is 6.49. The Morgan fingerprint density at radius 2 is 1.73 bits per heavy atom. The molecule has 3 aliphatic heterocycles. The SMILES string of the molecule is NC1=N[C@]2(CO1)c1cc(OCC3CCOCC3)ccc1Oc1ccc(-c3cncnc3)cc12. The molecule has 2 aromatic carbocycles. The second-order valence-electron chi connectivity index (χ2n) is 8.56. The van der Waals surface area contributed by atoms with Crippen LogP contribution in [-0.4, -0.2) is 42.4 Å². The number of hydrogen-bond donors (Lipinski definition) is 1. The lowest BCUT2D eigenvalue weighted by atomic mass is 9.80. The molecule has 8 nitrogen and oxygen atoms in total. The van der Waals surface area contributed by atoms with Crippen LogP contribution in [0.25, 0.3) is 11.1 Å². The average Bonchev–Trinajstić information content (AvgIpc) is 3.26. The van der Waals surface area contributed by atoms with Gasteiger partial charge in [0.05, 0.1) is 6.61 Å². The summed E-state index contributed by atoms with van der Waals surface area (Å²) in [6, 6.07) is 12.0. The van der Waals surface area contributed by atoms with E-state index in [0.717, 1.165) is 65.6 Å². The number of amidine groups is 1. The van der Waals surface area contributed by atoms with Gasteiger partial charge in [-0.2, -0.15) is 0 Å². The molecule has 0 aliphatic carbocycles. The lowest BCUT2D eigenvalue weighted by molar-refractivity contribution is 0.0497. The lowest BCUT2D eigenvalue weighted by Gasteiger charge is -2.34. The van der Waals surface area contributed by atoms with Crippen molar-refractivity contribution in [2.24, 2.45) is 16.6 Å². The molecular formula is C25H24N4O4. The minimum Gasteiger partial charge on any atom is -0.493 e. The van der Waals surface area contributed by atoms with Crippen molar-refractivity contribution < 1.29 is 18.9 Å². The number of rotatable bonds is 4. The first-order chi connectivity index (χ1) is 16.2. The predicted molar refractivity (Wildman–Crippen MR) is 121 cm³/mol. The van der Waals surface area contributed by atoms with Crippen molar-refractivity contribution in [1.29, 1.82) is 0 Å². The Morgan fingerprint density at radius 3 is 2.48 bits per heavy atom. The van der Waals surface area contributed by atoms with Gasteiger partial charge in [0, 0.05) is 42.3 Å². The summed E-state index contributed by atoms with van der Waals surface area (Å²) in [5.74, 6) is 2.72. The van der Waals surface area contributed by atoms with Crippen molar-refractivity contribution in [3.05, 3.63) is 66.2 Å². The molecule has 2 N–H and O–H groups in total. The minimum absolute atomic E-state index is 0.163. The highest BCUT2D eigenvalue weighted by Gasteiger charge is 2.47. The minimum atomic E-state index is -0.809. The van der Waals surface area contributed by atoms with E-state index in [9.17, 15) is 0 Å². The molecule has 1 fully saturated rings. The van der Waals surface area contributed by atoms with E-state index in [0.29, 0.717) is 19.1 Å². The first-order valence-electron chi connectivity index (χ1n) is 11.1. The molecule has 0 radical (unpaired) electrons. The molecule has 4 heterocycles. The molecule has 8 heteroatoms. The van der Waals surface area contributed by atoms with Gasteiger partial charge < -0.3 is 24.7 Å². The van der Waals surface area contributed by atoms with Gasteiger partial charge in [-0.25, -0.2) is 15.0 Å². The fourth-order valence-corrected chi connectivity index (χ4v) is 4.68. The van der Waals surface area contributed by atoms with Crippen LogP contribution in [0.3, 0.4) is 0 Å². The largest absolute Gasteiger partial charge is 0.493 e. The number of nitrogens with zero attached hydrogens (tertiary/aromatic N) is 3. The molecule has 0 saturated carbocycles. The highest BCUT2D eigenvalue weighted by molar-refractivity contribution is 5.78. The van der Waals surface area contributed by atoms with E-state index in [1.165, 1.54) is 6.33 Å². The molecule has 6 rings (SSSR count). The van der Waals surface area contributed by atoms with Crippen LogP contribution in [0.15, 0.2) is 60.1 Å². The summed E-state index contributed by atoms with van der Waals surface area (Å²) < 4.78 is 23.6. The molecule has 0 amide bonds. The van der Waals surface area contributed by atoms with E-state index < -0.39 is 5.54 Å². The van der Waals surface area contributed by atoms with E-state index in [1.54, 1.807) is 12.4 Å². The zero-order valence-corrected chi connectivity index (χ0v) is 18.1. The van der Waals surface area contributed by atoms with Crippen LogP contribution in [0.4, 0.5) is 0 Å². The van der Waals surface area contributed by atoms with Crippen LogP contribution in [0.2, 0.25) is 0 Å². The third-order valence-corrected chi connectivity index (χ3v) is 6.49. The summed E-state index contributed by atoms with van der Waals surface area (Å²) in [4.78, 5) is 13.1. The summed E-state index contributed by atoms with van der Waals surface area (Å²) >= 11 is 0. The van der Waals surface area contributed by atoms with Gasteiger partial charge in [0.15, 0.2) is 5.54 Å². The van der Waals surface area contributed by atoms with Gasteiger partial charge in [0.2, 0.25) is 0 Å². The maximum atomic E-state index is 6.27. The smallest absolute Gasteiger partial charge is 0.283 e. The monoisotopic (exact) mass is 444 g/mol. The van der Waals surface area contributed by atoms with Crippen molar-refractivity contribution >= 4 is 6.02 Å². The fourth-order valence-electron chi connectivity index (χ4n) is 4.68. The average molecular weight is 444 g/mol. The fraction of sp³-hybridized carbons (Fsp3) is 0.320. The number of hydrogen-bond acceptors (Lipinski definition) is 8. The molecule has 1 spiro atoms. The quantitative estimate of drug-likeness (QED) is 0.656. The van der Waals surface area contributed by atoms with Crippen molar-refractivity contribution in [2.75, 3.05) is 26.4 Å². The number of aromatic nitrogens is 2. The van der Waals surface area contributed by atoms with Gasteiger partial charge in [-0.3, -0.25) is 0 Å². The van der Waals surface area contributed by atoms with E-state index in [-0.39, 0.29) is 6.02 Å². The molecule has 1 saturated heterocycles. The molecule has 0 unspecified atom stereocenters. The molecule has 1 atom stereocenters. The molecular weight excluding hydrogens is 420 g/mol. The van der Waals surface area contributed by atoms with E-state index in [2.05, 4.69) is 16.0 Å². The highest BCUT2D eigenvalue weighted by Crippen LogP contribution is 2.52. The Morgan fingerprint density at radius 1 is 0.970 bits per heavy atom. The standard InChI is InChI=1S/C25H24N4O4/c26-24-29-25(14-32-24)20-9-17(18-11-27-15-28-12-18)1-3-22(20)33-23-4-2-19(10-21(23)25)31-13-16-5-7-30-8-6-16/h1-4,9-12,15-16H,5-8,13-14H2,(H2,26,29)/t25-/m0/s1. The molecule has 0 bridgehead atoms. The number of fused-ring (bicyclic) bond motifs is 4. The van der Waals surface area contributed by atoms with Crippen molar-refractivity contribution in [3.63, 3.8) is 0 Å². The Balaban J connectivity index is 1.39. The van der Waals surface area contributed by atoms with Gasteiger partial charge in [0.1, 0.15) is 30.2 Å². The van der Waals surface area contributed by atoms with Crippen LogP contribution in [0, 0.1) is 5.92 Å². The lowest BCUT2D eigenvalue weighted by Crippen LogP contribution is -2.31. The summed E-state index contributed by atoms with van der Waals surface area (Å²) in [6.07, 6.45) is 7.12. The normalized spacial score (nSPS) is 21.5. The van der Waals surface area contributed by atoms with E-state index in [4.69, 9.17) is 29.7 Å². The number of aliphatic imine (C=N–C) groups is 1. The molecule has 1 aromatic heterocycles. The number of ether oxygens (including phenoxy) is 4. The van der Waals surface area contributed by atoms with Crippen molar-refractivity contribution in [1.82, 2.24) is 9.97 Å². The Bertz CT molecular complexity index is 1210. The van der Waals surface area contributed by atoms with Gasteiger partial charge in [-0.05, 0) is 54.7 Å². The van der Waals surface area contributed by atoms with Crippen LogP contribution in [0.1, 0.15) is 24.0 Å².